The fraction of sp³-hybridized carbons (Fsp3) is 0.111. The number of pyridine rings is 1. The van der Waals surface area contributed by atoms with Gasteiger partial charge in [-0.3, -0.25) is 9.78 Å². The summed E-state index contributed by atoms with van der Waals surface area (Å²) in [5, 5.41) is 3.97. The molecule has 3 aromatic rings. The molecule has 0 spiro atoms. The Balaban J connectivity index is 2.01. The summed E-state index contributed by atoms with van der Waals surface area (Å²) in [5.74, 6) is 0.652. The van der Waals surface area contributed by atoms with Crippen molar-refractivity contribution < 1.29 is 14.3 Å². The number of benzene rings is 2. The molecule has 3 rings (SSSR count). The number of hydrogen-bond donors (Lipinski definition) is 1. The fourth-order valence-electron chi connectivity index (χ4n) is 2.45. The molecule has 0 unspecified atom stereocenters. The quantitative estimate of drug-likeness (QED) is 0.773. The van der Waals surface area contributed by atoms with Gasteiger partial charge in [0.05, 0.1) is 36.5 Å². The third-order valence-corrected chi connectivity index (χ3v) is 3.89. The lowest BCUT2D eigenvalue weighted by atomic mass is 10.1. The van der Waals surface area contributed by atoms with E-state index in [1.54, 1.807) is 18.2 Å². The number of hydrogen-bond acceptors (Lipinski definition) is 4. The van der Waals surface area contributed by atoms with E-state index in [0.29, 0.717) is 33.2 Å². The highest BCUT2D eigenvalue weighted by Gasteiger charge is 2.17. The smallest absolute Gasteiger partial charge is 0.260 e. The Hall–Kier alpha value is -2.79. The number of aromatic nitrogens is 1. The van der Waals surface area contributed by atoms with Gasteiger partial charge in [-0.25, -0.2) is 0 Å². The van der Waals surface area contributed by atoms with Crippen molar-refractivity contribution in [1.29, 1.82) is 0 Å². The monoisotopic (exact) mass is 342 g/mol. The largest absolute Gasteiger partial charge is 0.495 e. The first-order chi connectivity index (χ1) is 11.6. The maximum Gasteiger partial charge on any atom is 0.260 e. The molecular formula is C18H15ClN2O3. The van der Waals surface area contributed by atoms with Gasteiger partial charge in [-0.05, 0) is 24.3 Å². The standard InChI is InChI=1S/C18H15ClN2O3/c1-23-15-8-7-11(9-13(15)19)21-18(22)17-12-5-3-4-6-14(12)20-10-16(17)24-2/h3-10H,1-2H3,(H,21,22). The summed E-state index contributed by atoms with van der Waals surface area (Å²) in [5.41, 5.74) is 1.71. The van der Waals surface area contributed by atoms with Gasteiger partial charge < -0.3 is 14.8 Å². The summed E-state index contributed by atoms with van der Waals surface area (Å²) in [7, 11) is 3.04. The highest BCUT2D eigenvalue weighted by Crippen LogP contribution is 2.30. The number of fused-ring (bicyclic) bond motifs is 1. The number of nitrogens with zero attached hydrogens (tertiary/aromatic N) is 1. The Morgan fingerprint density at radius 1 is 1.08 bits per heavy atom. The Kier molecular flexibility index (Phi) is 4.53. The number of carbonyl (C=O) groups is 1. The first-order valence-electron chi connectivity index (χ1n) is 7.20. The van der Waals surface area contributed by atoms with Gasteiger partial charge in [-0.1, -0.05) is 29.8 Å². The Morgan fingerprint density at radius 3 is 2.54 bits per heavy atom. The predicted molar refractivity (Wildman–Crippen MR) is 94.3 cm³/mol. The summed E-state index contributed by atoms with van der Waals surface area (Å²) in [6.45, 7) is 0. The molecule has 0 atom stereocenters. The van der Waals surface area contributed by atoms with Crippen molar-refractivity contribution in [1.82, 2.24) is 4.98 Å². The molecule has 1 amide bonds. The van der Waals surface area contributed by atoms with E-state index in [4.69, 9.17) is 21.1 Å². The molecule has 0 saturated heterocycles. The molecular weight excluding hydrogens is 328 g/mol. The second kappa shape index (κ2) is 6.76. The zero-order valence-corrected chi connectivity index (χ0v) is 13.9. The number of methoxy groups -OCH3 is 2. The molecule has 1 N–H and O–H groups in total. The average molecular weight is 343 g/mol. The van der Waals surface area contributed by atoms with Crippen LogP contribution in [0.2, 0.25) is 5.02 Å². The van der Waals surface area contributed by atoms with E-state index in [1.807, 2.05) is 24.3 Å². The molecule has 0 bridgehead atoms. The minimum Gasteiger partial charge on any atom is -0.495 e. The number of amides is 1. The number of rotatable bonds is 4. The number of ether oxygens (including phenoxy) is 2. The Morgan fingerprint density at radius 2 is 1.83 bits per heavy atom. The lowest BCUT2D eigenvalue weighted by molar-refractivity contribution is 0.102. The van der Waals surface area contributed by atoms with Crippen molar-refractivity contribution in [2.75, 3.05) is 19.5 Å². The molecule has 24 heavy (non-hydrogen) atoms. The first kappa shape index (κ1) is 16.1. The normalized spacial score (nSPS) is 10.5. The van der Waals surface area contributed by atoms with E-state index in [2.05, 4.69) is 10.3 Å². The zero-order valence-electron chi connectivity index (χ0n) is 13.2. The molecule has 0 aliphatic heterocycles. The molecule has 0 fully saturated rings. The van der Waals surface area contributed by atoms with Gasteiger partial charge in [0.1, 0.15) is 5.75 Å². The predicted octanol–water partition coefficient (Wildman–Crippen LogP) is 4.16. The SMILES string of the molecule is COc1ccc(NC(=O)c2c(OC)cnc3ccccc23)cc1Cl. The number of carbonyl (C=O) groups excluding carboxylic acids is 1. The van der Waals surface area contributed by atoms with Crippen LogP contribution in [0.1, 0.15) is 10.4 Å². The summed E-state index contributed by atoms with van der Waals surface area (Å²) < 4.78 is 10.4. The van der Waals surface area contributed by atoms with Crippen LogP contribution in [0.4, 0.5) is 5.69 Å². The number of halogens is 1. The van der Waals surface area contributed by atoms with Crippen molar-refractivity contribution in [3.05, 3.63) is 59.2 Å². The molecule has 6 heteroatoms. The van der Waals surface area contributed by atoms with Gasteiger partial charge in [0.15, 0.2) is 5.75 Å². The maximum atomic E-state index is 12.8. The van der Waals surface area contributed by atoms with Crippen LogP contribution in [0.15, 0.2) is 48.7 Å². The van der Waals surface area contributed by atoms with E-state index in [1.165, 1.54) is 20.4 Å². The molecule has 1 heterocycles. The minimum absolute atomic E-state index is 0.299. The van der Waals surface area contributed by atoms with Gasteiger partial charge in [-0.15, -0.1) is 0 Å². The van der Waals surface area contributed by atoms with Crippen LogP contribution in [0, 0.1) is 0 Å². The van der Waals surface area contributed by atoms with Crippen LogP contribution in [0.25, 0.3) is 10.9 Å². The van der Waals surface area contributed by atoms with Crippen molar-refractivity contribution in [3.8, 4) is 11.5 Å². The van der Waals surface area contributed by atoms with E-state index in [-0.39, 0.29) is 5.91 Å². The molecule has 122 valence electrons. The Labute approximate surface area is 144 Å². The number of para-hydroxylation sites is 1. The topological polar surface area (TPSA) is 60.5 Å². The minimum atomic E-state index is -0.299. The van der Waals surface area contributed by atoms with Gasteiger partial charge in [0.2, 0.25) is 0 Å². The first-order valence-corrected chi connectivity index (χ1v) is 7.58. The summed E-state index contributed by atoms with van der Waals surface area (Å²) in [6, 6.07) is 12.4. The van der Waals surface area contributed by atoms with Crippen molar-refractivity contribution in [3.63, 3.8) is 0 Å². The fourth-order valence-corrected chi connectivity index (χ4v) is 2.71. The maximum absolute atomic E-state index is 12.8. The lowest BCUT2D eigenvalue weighted by Crippen LogP contribution is -2.14. The number of anilines is 1. The third-order valence-electron chi connectivity index (χ3n) is 3.60. The summed E-state index contributed by atoms with van der Waals surface area (Å²) in [4.78, 5) is 17.1. The van der Waals surface area contributed by atoms with Crippen molar-refractivity contribution >= 4 is 34.1 Å². The summed E-state index contributed by atoms with van der Waals surface area (Å²) >= 11 is 6.10. The third kappa shape index (κ3) is 2.98. The molecule has 5 nitrogen and oxygen atoms in total. The second-order valence-electron chi connectivity index (χ2n) is 5.02. The van der Waals surface area contributed by atoms with E-state index in [0.717, 1.165) is 5.52 Å². The van der Waals surface area contributed by atoms with Crippen molar-refractivity contribution in [2.24, 2.45) is 0 Å². The number of nitrogens with one attached hydrogen (secondary N) is 1. The summed E-state index contributed by atoms with van der Waals surface area (Å²) in [6.07, 6.45) is 1.54. The molecule has 0 radical (unpaired) electrons. The highest BCUT2D eigenvalue weighted by atomic mass is 35.5. The van der Waals surface area contributed by atoms with Gasteiger partial charge in [0, 0.05) is 11.1 Å². The molecule has 0 saturated carbocycles. The van der Waals surface area contributed by atoms with E-state index >= 15 is 0 Å². The molecule has 1 aromatic heterocycles. The van der Waals surface area contributed by atoms with Gasteiger partial charge >= 0.3 is 0 Å². The highest BCUT2D eigenvalue weighted by molar-refractivity contribution is 6.32. The van der Waals surface area contributed by atoms with E-state index in [9.17, 15) is 4.79 Å². The van der Waals surface area contributed by atoms with Crippen LogP contribution >= 0.6 is 11.6 Å². The molecule has 2 aromatic carbocycles. The van der Waals surface area contributed by atoms with Crippen LogP contribution in [-0.4, -0.2) is 25.1 Å². The van der Waals surface area contributed by atoms with Crippen LogP contribution in [0.5, 0.6) is 11.5 Å². The Bertz CT molecular complexity index is 912. The van der Waals surface area contributed by atoms with E-state index < -0.39 is 0 Å². The second-order valence-corrected chi connectivity index (χ2v) is 5.43. The molecule has 0 aliphatic carbocycles. The van der Waals surface area contributed by atoms with Crippen molar-refractivity contribution in [2.45, 2.75) is 0 Å². The lowest BCUT2D eigenvalue weighted by Gasteiger charge is -2.12. The van der Waals surface area contributed by atoms with Gasteiger partial charge in [0.25, 0.3) is 5.91 Å². The van der Waals surface area contributed by atoms with Crippen LogP contribution in [-0.2, 0) is 0 Å². The van der Waals surface area contributed by atoms with Crippen LogP contribution in [0.3, 0.4) is 0 Å². The van der Waals surface area contributed by atoms with Crippen LogP contribution < -0.4 is 14.8 Å². The average Bonchev–Trinajstić information content (AvgIpc) is 2.60. The molecule has 0 aliphatic rings. The zero-order chi connectivity index (χ0) is 17.1. The van der Waals surface area contributed by atoms with Gasteiger partial charge in [-0.2, -0.15) is 0 Å².